The third-order valence-corrected chi connectivity index (χ3v) is 3.88. The lowest BCUT2D eigenvalue weighted by Crippen LogP contribution is -2.35. The number of aliphatic carboxylic acids is 1. The van der Waals surface area contributed by atoms with E-state index >= 15 is 0 Å². The second kappa shape index (κ2) is 10.3. The molecule has 21 heavy (non-hydrogen) atoms. The Bertz CT molecular complexity index is 389. The molecule has 2 atom stereocenters. The fourth-order valence-electron chi connectivity index (χ4n) is 2.57. The van der Waals surface area contributed by atoms with Gasteiger partial charge in [-0.05, 0) is 25.0 Å². The molecule has 1 N–H and O–H groups in total. The molecule has 0 saturated carbocycles. The van der Waals surface area contributed by atoms with Gasteiger partial charge in [-0.1, -0.05) is 64.2 Å². The average Bonchev–Trinajstić information content (AvgIpc) is 2.50. The molecule has 0 aromatic heterocycles. The molecular weight excluding hydrogens is 264 g/mol. The number of rotatable bonds is 11. The topological polar surface area (TPSA) is 46.5 Å². The molecule has 0 bridgehead atoms. The first-order valence-electron chi connectivity index (χ1n) is 8.13. The summed E-state index contributed by atoms with van der Waals surface area (Å²) in [6.45, 7) is 4.24. The molecule has 0 fully saturated rings. The monoisotopic (exact) mass is 292 g/mol. The Morgan fingerprint density at radius 1 is 1.10 bits per heavy atom. The van der Waals surface area contributed by atoms with E-state index in [4.69, 9.17) is 4.74 Å². The van der Waals surface area contributed by atoms with Crippen LogP contribution in [0.4, 0.5) is 0 Å². The quantitative estimate of drug-likeness (QED) is 0.590. The van der Waals surface area contributed by atoms with E-state index in [2.05, 4.69) is 6.92 Å². The minimum Gasteiger partial charge on any atom is -0.478 e. The standard InChI is InChI=1S/C18H28O3/c1-3-5-6-7-9-12-15(4-2)17(18(19)20)21-16-13-10-8-11-14-16/h8,10-11,13-15,17H,3-7,9,12H2,1-2H3,(H,19,20). The highest BCUT2D eigenvalue weighted by molar-refractivity contribution is 5.73. The van der Waals surface area contributed by atoms with E-state index in [-0.39, 0.29) is 5.92 Å². The number of para-hydroxylation sites is 1. The van der Waals surface area contributed by atoms with Gasteiger partial charge in [-0.25, -0.2) is 4.79 Å². The predicted molar refractivity (Wildman–Crippen MR) is 85.7 cm³/mol. The van der Waals surface area contributed by atoms with E-state index in [0.717, 1.165) is 19.3 Å². The lowest BCUT2D eigenvalue weighted by molar-refractivity contribution is -0.148. The van der Waals surface area contributed by atoms with Crippen molar-refractivity contribution in [1.82, 2.24) is 0 Å². The number of hydrogen-bond acceptors (Lipinski definition) is 2. The van der Waals surface area contributed by atoms with Crippen LogP contribution in [0.2, 0.25) is 0 Å². The Morgan fingerprint density at radius 3 is 2.33 bits per heavy atom. The maximum absolute atomic E-state index is 11.5. The summed E-state index contributed by atoms with van der Waals surface area (Å²) in [4.78, 5) is 11.5. The van der Waals surface area contributed by atoms with Crippen molar-refractivity contribution in [3.8, 4) is 5.75 Å². The van der Waals surface area contributed by atoms with Crippen molar-refractivity contribution in [2.75, 3.05) is 0 Å². The lowest BCUT2D eigenvalue weighted by atomic mass is 9.92. The molecule has 1 rings (SSSR count). The number of hydrogen-bond donors (Lipinski definition) is 1. The fraction of sp³-hybridized carbons (Fsp3) is 0.611. The molecule has 0 aliphatic rings. The summed E-state index contributed by atoms with van der Waals surface area (Å²) >= 11 is 0. The van der Waals surface area contributed by atoms with E-state index in [1.807, 2.05) is 37.3 Å². The van der Waals surface area contributed by atoms with Gasteiger partial charge in [-0.15, -0.1) is 0 Å². The number of benzene rings is 1. The molecule has 0 saturated heterocycles. The van der Waals surface area contributed by atoms with E-state index in [1.54, 1.807) is 0 Å². The molecule has 0 radical (unpaired) electrons. The molecule has 3 nitrogen and oxygen atoms in total. The van der Waals surface area contributed by atoms with Crippen LogP contribution in [-0.4, -0.2) is 17.2 Å². The van der Waals surface area contributed by atoms with Crippen molar-refractivity contribution in [2.45, 2.75) is 64.9 Å². The van der Waals surface area contributed by atoms with Gasteiger partial charge in [0.2, 0.25) is 0 Å². The van der Waals surface area contributed by atoms with Crippen molar-refractivity contribution in [3.05, 3.63) is 30.3 Å². The third kappa shape index (κ3) is 6.65. The van der Waals surface area contributed by atoms with Gasteiger partial charge in [0, 0.05) is 5.92 Å². The van der Waals surface area contributed by atoms with Gasteiger partial charge < -0.3 is 9.84 Å². The molecule has 0 aliphatic carbocycles. The number of carboxylic acids is 1. The van der Waals surface area contributed by atoms with Crippen molar-refractivity contribution in [2.24, 2.45) is 5.92 Å². The van der Waals surface area contributed by atoms with Crippen LogP contribution in [0.5, 0.6) is 5.75 Å². The number of carbonyl (C=O) groups is 1. The molecule has 0 heterocycles. The summed E-state index contributed by atoms with van der Waals surface area (Å²) in [6, 6.07) is 9.24. The van der Waals surface area contributed by atoms with Gasteiger partial charge in [0.15, 0.2) is 6.10 Å². The minimum atomic E-state index is -0.862. The summed E-state index contributed by atoms with van der Waals surface area (Å²) in [5, 5.41) is 9.45. The fourth-order valence-corrected chi connectivity index (χ4v) is 2.57. The number of unbranched alkanes of at least 4 members (excludes halogenated alkanes) is 4. The molecule has 0 amide bonds. The maximum Gasteiger partial charge on any atom is 0.345 e. The second-order valence-corrected chi connectivity index (χ2v) is 5.56. The van der Waals surface area contributed by atoms with Crippen LogP contribution >= 0.6 is 0 Å². The molecule has 0 aliphatic heterocycles. The highest BCUT2D eigenvalue weighted by Crippen LogP contribution is 2.23. The van der Waals surface area contributed by atoms with Gasteiger partial charge >= 0.3 is 5.97 Å². The normalized spacial score (nSPS) is 13.6. The van der Waals surface area contributed by atoms with Crippen LogP contribution in [0.3, 0.4) is 0 Å². The predicted octanol–water partition coefficient (Wildman–Crippen LogP) is 4.91. The van der Waals surface area contributed by atoms with Crippen molar-refractivity contribution in [3.63, 3.8) is 0 Å². The molecule has 2 unspecified atom stereocenters. The molecule has 1 aromatic carbocycles. The SMILES string of the molecule is CCCCCCCC(CC)C(Oc1ccccc1)C(=O)O. The summed E-state index contributed by atoms with van der Waals surface area (Å²) in [5.74, 6) is -0.155. The van der Waals surface area contributed by atoms with Gasteiger partial charge in [0.05, 0.1) is 0 Å². The zero-order chi connectivity index (χ0) is 15.5. The Morgan fingerprint density at radius 2 is 1.76 bits per heavy atom. The maximum atomic E-state index is 11.5. The second-order valence-electron chi connectivity index (χ2n) is 5.56. The van der Waals surface area contributed by atoms with Crippen LogP contribution in [0.15, 0.2) is 30.3 Å². The van der Waals surface area contributed by atoms with Crippen molar-refractivity contribution in [1.29, 1.82) is 0 Å². The summed E-state index contributed by atoms with van der Waals surface area (Å²) in [7, 11) is 0. The van der Waals surface area contributed by atoms with Crippen molar-refractivity contribution >= 4 is 5.97 Å². The van der Waals surface area contributed by atoms with E-state index in [1.165, 1.54) is 25.7 Å². The first-order valence-corrected chi connectivity index (χ1v) is 8.13. The van der Waals surface area contributed by atoms with Crippen LogP contribution in [0, 0.1) is 5.92 Å². The Balaban J connectivity index is 2.53. The zero-order valence-corrected chi connectivity index (χ0v) is 13.3. The summed E-state index contributed by atoms with van der Waals surface area (Å²) in [6.07, 6.45) is 7.00. The highest BCUT2D eigenvalue weighted by Gasteiger charge is 2.28. The third-order valence-electron chi connectivity index (χ3n) is 3.88. The first-order chi connectivity index (χ1) is 10.2. The van der Waals surface area contributed by atoms with Crippen LogP contribution in [0.25, 0.3) is 0 Å². The van der Waals surface area contributed by atoms with E-state index in [9.17, 15) is 9.90 Å². The molecular formula is C18H28O3. The highest BCUT2D eigenvalue weighted by atomic mass is 16.5. The Labute approximate surface area is 128 Å². The number of ether oxygens (including phenoxy) is 1. The smallest absolute Gasteiger partial charge is 0.345 e. The molecule has 118 valence electrons. The number of carboxylic acid groups (broad SMARTS) is 1. The van der Waals surface area contributed by atoms with Crippen LogP contribution in [-0.2, 0) is 4.79 Å². The van der Waals surface area contributed by atoms with Crippen LogP contribution < -0.4 is 4.74 Å². The average molecular weight is 292 g/mol. The zero-order valence-electron chi connectivity index (χ0n) is 13.3. The lowest BCUT2D eigenvalue weighted by Gasteiger charge is -2.23. The summed E-state index contributed by atoms with van der Waals surface area (Å²) in [5.41, 5.74) is 0. The molecule has 3 heteroatoms. The Kier molecular flexibility index (Phi) is 8.56. The van der Waals surface area contributed by atoms with Gasteiger partial charge in [-0.3, -0.25) is 0 Å². The molecule has 0 spiro atoms. The minimum absolute atomic E-state index is 0.0735. The van der Waals surface area contributed by atoms with Gasteiger partial charge in [0.25, 0.3) is 0 Å². The van der Waals surface area contributed by atoms with Crippen molar-refractivity contribution < 1.29 is 14.6 Å². The largest absolute Gasteiger partial charge is 0.478 e. The van der Waals surface area contributed by atoms with Gasteiger partial charge in [-0.2, -0.15) is 0 Å². The van der Waals surface area contributed by atoms with Gasteiger partial charge in [0.1, 0.15) is 5.75 Å². The first kappa shape index (κ1) is 17.5. The van der Waals surface area contributed by atoms with E-state index < -0.39 is 12.1 Å². The molecule has 1 aromatic rings. The van der Waals surface area contributed by atoms with E-state index in [0.29, 0.717) is 5.75 Å². The Hall–Kier alpha value is -1.51. The summed E-state index contributed by atoms with van der Waals surface area (Å²) < 4.78 is 5.71. The van der Waals surface area contributed by atoms with Crippen LogP contribution in [0.1, 0.15) is 58.8 Å².